The van der Waals surface area contributed by atoms with Gasteiger partial charge in [0.15, 0.2) is 0 Å². The maximum Gasteiger partial charge on any atom is 0.0774 e. The zero-order chi connectivity index (χ0) is 25.2. The van der Waals surface area contributed by atoms with Crippen molar-refractivity contribution >= 4 is 17.4 Å². The average Bonchev–Trinajstić information content (AvgIpc) is 3.65. The molecule has 1 aromatic carbocycles. The molecule has 5 aliphatic carbocycles. The van der Waals surface area contributed by atoms with Crippen LogP contribution in [0.5, 0.6) is 0 Å². The molecular formula is C36H28N2. The van der Waals surface area contributed by atoms with Gasteiger partial charge in [0.2, 0.25) is 0 Å². The summed E-state index contributed by atoms with van der Waals surface area (Å²) in [5.74, 6) is 1.13. The quantitative estimate of drug-likeness (QED) is 0.451. The molecule has 2 aromatic rings. The summed E-state index contributed by atoms with van der Waals surface area (Å²) < 4.78 is 0. The van der Waals surface area contributed by atoms with Crippen molar-refractivity contribution in [2.45, 2.75) is 13.3 Å². The number of nitrogens with one attached hydrogen (secondary N) is 1. The summed E-state index contributed by atoms with van der Waals surface area (Å²) >= 11 is 0. The van der Waals surface area contributed by atoms with Crippen LogP contribution in [0.15, 0.2) is 148 Å². The zero-order valence-corrected chi connectivity index (χ0v) is 21.4. The lowest BCUT2D eigenvalue weighted by Gasteiger charge is -2.28. The van der Waals surface area contributed by atoms with Gasteiger partial charge in [-0.05, 0) is 57.9 Å². The normalized spacial score (nSPS) is 27.0. The molecule has 1 N–H and O–H groups in total. The summed E-state index contributed by atoms with van der Waals surface area (Å²) in [6.07, 6.45) is 32.4. The number of nitrogens with zero attached hydrogens (tertiary/aromatic N) is 1. The summed E-state index contributed by atoms with van der Waals surface area (Å²) in [6, 6.07) is 10.8. The summed E-state index contributed by atoms with van der Waals surface area (Å²) in [5.41, 5.74) is 15.5. The molecule has 1 aliphatic heterocycles. The lowest BCUT2D eigenvalue weighted by Crippen LogP contribution is -2.18. The van der Waals surface area contributed by atoms with E-state index in [4.69, 9.17) is 4.99 Å². The van der Waals surface area contributed by atoms with Crippen molar-refractivity contribution < 1.29 is 0 Å². The Labute approximate surface area is 223 Å². The lowest BCUT2D eigenvalue weighted by molar-refractivity contribution is 0.623. The Hall–Kier alpha value is -4.43. The first-order valence-electron chi connectivity index (χ1n) is 13.6. The van der Waals surface area contributed by atoms with Gasteiger partial charge in [-0.1, -0.05) is 103 Å². The molecule has 6 aliphatic rings. The van der Waals surface area contributed by atoms with E-state index in [2.05, 4.69) is 128 Å². The molecule has 2 heterocycles. The van der Waals surface area contributed by atoms with Gasteiger partial charge in [-0.2, -0.15) is 0 Å². The van der Waals surface area contributed by atoms with Crippen LogP contribution in [0, 0.1) is 24.7 Å². The molecule has 182 valence electrons. The highest BCUT2D eigenvalue weighted by molar-refractivity contribution is 6.00. The molecule has 1 aromatic heterocycles. The fraction of sp³-hybridized carbons (Fsp3) is 0.139. The number of allylic oxidation sites excluding steroid dienone is 18. The first-order chi connectivity index (χ1) is 18.8. The van der Waals surface area contributed by atoms with Crippen molar-refractivity contribution in [2.75, 3.05) is 0 Å². The maximum absolute atomic E-state index is 5.14. The van der Waals surface area contributed by atoms with Crippen LogP contribution in [0.4, 0.5) is 0 Å². The molecule has 0 bridgehead atoms. The molecule has 0 saturated carbocycles. The highest BCUT2D eigenvalue weighted by Crippen LogP contribution is 2.55. The van der Waals surface area contributed by atoms with Gasteiger partial charge in [0.05, 0.1) is 11.4 Å². The van der Waals surface area contributed by atoms with E-state index >= 15 is 0 Å². The molecule has 0 amide bonds. The highest BCUT2D eigenvalue weighted by atomic mass is 14.8. The van der Waals surface area contributed by atoms with Gasteiger partial charge in [0, 0.05) is 41.3 Å². The third-order valence-corrected chi connectivity index (χ3v) is 8.88. The van der Waals surface area contributed by atoms with E-state index in [0.29, 0.717) is 17.8 Å². The largest absolute Gasteiger partial charge is 0.360 e. The lowest BCUT2D eigenvalue weighted by atomic mass is 9.76. The predicted octanol–water partition coefficient (Wildman–Crippen LogP) is 8.16. The Kier molecular flexibility index (Phi) is 4.72. The van der Waals surface area contributed by atoms with Crippen molar-refractivity contribution in [3.05, 3.63) is 165 Å². The number of hydrogen-bond donors (Lipinski definition) is 1. The van der Waals surface area contributed by atoms with E-state index in [1.165, 1.54) is 55.7 Å². The number of aromatic amines is 1. The maximum atomic E-state index is 5.14. The minimum Gasteiger partial charge on any atom is -0.360 e. The van der Waals surface area contributed by atoms with Gasteiger partial charge in [-0.15, -0.1) is 0 Å². The van der Waals surface area contributed by atoms with Crippen LogP contribution in [-0.2, 0) is 0 Å². The second-order valence-corrected chi connectivity index (χ2v) is 10.8. The van der Waals surface area contributed by atoms with Crippen LogP contribution in [0.2, 0.25) is 0 Å². The Balaban J connectivity index is 1.32. The summed E-state index contributed by atoms with van der Waals surface area (Å²) in [5, 5.41) is 0. The van der Waals surface area contributed by atoms with Gasteiger partial charge >= 0.3 is 0 Å². The molecule has 0 fully saturated rings. The van der Waals surface area contributed by atoms with Gasteiger partial charge in [0.1, 0.15) is 0 Å². The minimum absolute atomic E-state index is 0.320. The third kappa shape index (κ3) is 3.04. The van der Waals surface area contributed by atoms with Crippen LogP contribution < -0.4 is 0 Å². The van der Waals surface area contributed by atoms with Crippen molar-refractivity contribution in [2.24, 2.45) is 22.7 Å². The van der Waals surface area contributed by atoms with Crippen molar-refractivity contribution in [3.8, 4) is 0 Å². The smallest absolute Gasteiger partial charge is 0.0774 e. The second-order valence-electron chi connectivity index (χ2n) is 10.8. The number of aromatic nitrogens is 1. The summed E-state index contributed by atoms with van der Waals surface area (Å²) in [4.78, 5) is 8.87. The van der Waals surface area contributed by atoms with Crippen LogP contribution in [0.25, 0.3) is 11.1 Å². The minimum atomic E-state index is 0.320. The van der Waals surface area contributed by atoms with Crippen LogP contribution in [0.1, 0.15) is 28.8 Å². The van der Waals surface area contributed by atoms with E-state index < -0.39 is 0 Å². The third-order valence-electron chi connectivity index (χ3n) is 8.88. The Morgan fingerprint density at radius 3 is 2.61 bits per heavy atom. The monoisotopic (exact) mass is 488 g/mol. The SMILES string of the molecule is Cc1c(C2=CC=CC3=CC=CCC32)c[nH]c1/C(=C1\N=CC2=C1C1C=CC=C3C=CC=C2C31)c1ccccc1. The zero-order valence-electron chi connectivity index (χ0n) is 21.4. The first-order valence-corrected chi connectivity index (χ1v) is 13.6. The van der Waals surface area contributed by atoms with E-state index in [9.17, 15) is 0 Å². The van der Waals surface area contributed by atoms with Crippen LogP contribution in [0.3, 0.4) is 0 Å². The van der Waals surface area contributed by atoms with Crippen LogP contribution in [-0.4, -0.2) is 11.2 Å². The van der Waals surface area contributed by atoms with Crippen molar-refractivity contribution in [3.63, 3.8) is 0 Å². The van der Waals surface area contributed by atoms with E-state index in [1.54, 1.807) is 0 Å². The van der Waals surface area contributed by atoms with Crippen molar-refractivity contribution in [1.29, 1.82) is 0 Å². The highest BCUT2D eigenvalue weighted by Gasteiger charge is 2.44. The standard InChI is InChI=1S/C36H28N2/c1-22-30(27-17-7-13-23-10-5-6-16-26(23)27)20-37-35(22)33(25-11-3-2-4-12-25)36-34-29-19-9-15-24-14-8-18-28(32(24)29)31(34)21-38-36/h2-15,17-21,26,29,32,37H,16H2,1H3/b36-33-. The molecule has 2 heteroatoms. The molecule has 3 unspecified atom stereocenters. The predicted molar refractivity (Wildman–Crippen MR) is 157 cm³/mol. The number of aliphatic imine (C=N–C) groups is 1. The second kappa shape index (κ2) is 8.29. The van der Waals surface area contributed by atoms with Gasteiger partial charge < -0.3 is 4.98 Å². The van der Waals surface area contributed by atoms with E-state index in [0.717, 1.165) is 17.8 Å². The van der Waals surface area contributed by atoms with E-state index in [-0.39, 0.29) is 0 Å². The average molecular weight is 489 g/mol. The molecule has 0 saturated heterocycles. The molecular weight excluding hydrogens is 460 g/mol. The molecule has 38 heavy (non-hydrogen) atoms. The topological polar surface area (TPSA) is 28.1 Å². The molecule has 0 radical (unpaired) electrons. The fourth-order valence-corrected chi connectivity index (χ4v) is 7.13. The number of rotatable bonds is 3. The molecule has 3 atom stereocenters. The Morgan fingerprint density at radius 2 is 1.71 bits per heavy atom. The van der Waals surface area contributed by atoms with Gasteiger partial charge in [-0.3, -0.25) is 4.99 Å². The van der Waals surface area contributed by atoms with Gasteiger partial charge in [0.25, 0.3) is 0 Å². The summed E-state index contributed by atoms with van der Waals surface area (Å²) in [6.45, 7) is 2.27. The van der Waals surface area contributed by atoms with Crippen molar-refractivity contribution in [1.82, 2.24) is 4.98 Å². The van der Waals surface area contributed by atoms with E-state index in [1.807, 2.05) is 0 Å². The molecule has 0 spiro atoms. The number of H-pyrrole nitrogens is 1. The Morgan fingerprint density at radius 1 is 0.895 bits per heavy atom. The molecule has 8 rings (SSSR count). The molecule has 2 nitrogen and oxygen atoms in total. The number of benzene rings is 1. The Bertz CT molecular complexity index is 1730. The first kappa shape index (κ1) is 21.6. The number of hydrogen-bond acceptors (Lipinski definition) is 1. The number of fused-ring (bicyclic) bond motifs is 3. The summed E-state index contributed by atoms with van der Waals surface area (Å²) in [7, 11) is 0. The van der Waals surface area contributed by atoms with Gasteiger partial charge in [-0.25, -0.2) is 0 Å². The fourth-order valence-electron chi connectivity index (χ4n) is 7.13. The van der Waals surface area contributed by atoms with Crippen LogP contribution >= 0.6 is 0 Å².